The summed E-state index contributed by atoms with van der Waals surface area (Å²) in [5, 5.41) is 3.49. The SMILES string of the molecule is CNC(c1ccccc1C(C)(C)C)C(C)c1ccccn1. The number of nitrogens with zero attached hydrogens (tertiary/aromatic N) is 1. The summed E-state index contributed by atoms with van der Waals surface area (Å²) in [6.45, 7) is 9.04. The van der Waals surface area contributed by atoms with Crippen LogP contribution in [0.15, 0.2) is 48.7 Å². The zero-order valence-electron chi connectivity index (χ0n) is 13.7. The van der Waals surface area contributed by atoms with E-state index in [1.54, 1.807) is 0 Å². The van der Waals surface area contributed by atoms with Gasteiger partial charge in [-0.1, -0.05) is 58.0 Å². The third-order valence-electron chi connectivity index (χ3n) is 4.07. The number of likely N-dealkylation sites (N-methyl/N-ethyl adjacent to an activating group) is 1. The molecular weight excluding hydrogens is 256 g/mol. The fraction of sp³-hybridized carbons (Fsp3) is 0.421. The molecule has 2 atom stereocenters. The molecule has 0 aliphatic carbocycles. The van der Waals surface area contributed by atoms with Crippen LogP contribution in [0.1, 0.15) is 56.5 Å². The third kappa shape index (κ3) is 3.51. The van der Waals surface area contributed by atoms with E-state index in [1.807, 2.05) is 19.3 Å². The molecule has 21 heavy (non-hydrogen) atoms. The molecule has 0 saturated carbocycles. The average molecular weight is 282 g/mol. The lowest BCUT2D eigenvalue weighted by atomic mass is 9.79. The summed E-state index contributed by atoms with van der Waals surface area (Å²) >= 11 is 0. The van der Waals surface area contributed by atoms with Gasteiger partial charge in [0.2, 0.25) is 0 Å². The van der Waals surface area contributed by atoms with Gasteiger partial charge in [0, 0.05) is 23.9 Å². The predicted molar refractivity (Wildman–Crippen MR) is 89.6 cm³/mol. The van der Waals surface area contributed by atoms with Crippen LogP contribution in [0.25, 0.3) is 0 Å². The van der Waals surface area contributed by atoms with Crippen LogP contribution in [0, 0.1) is 0 Å². The van der Waals surface area contributed by atoms with Gasteiger partial charge in [-0.3, -0.25) is 4.98 Å². The lowest BCUT2D eigenvalue weighted by Crippen LogP contribution is -2.26. The van der Waals surface area contributed by atoms with Crippen LogP contribution >= 0.6 is 0 Å². The minimum absolute atomic E-state index is 0.134. The summed E-state index contributed by atoms with van der Waals surface area (Å²) in [4.78, 5) is 4.52. The van der Waals surface area contributed by atoms with Crippen molar-refractivity contribution in [2.45, 2.75) is 45.1 Å². The van der Waals surface area contributed by atoms with Gasteiger partial charge in [-0.25, -0.2) is 0 Å². The maximum atomic E-state index is 4.52. The maximum Gasteiger partial charge on any atom is 0.0450 e. The molecule has 0 aliphatic rings. The molecule has 2 rings (SSSR count). The highest BCUT2D eigenvalue weighted by molar-refractivity contribution is 5.37. The molecule has 1 heterocycles. The lowest BCUT2D eigenvalue weighted by Gasteiger charge is -2.30. The maximum absolute atomic E-state index is 4.52. The van der Waals surface area contributed by atoms with Crippen LogP contribution in [-0.4, -0.2) is 12.0 Å². The van der Waals surface area contributed by atoms with Gasteiger partial charge in [-0.05, 0) is 35.7 Å². The number of aromatic nitrogens is 1. The van der Waals surface area contributed by atoms with Crippen LogP contribution < -0.4 is 5.32 Å². The highest BCUT2D eigenvalue weighted by Crippen LogP contribution is 2.35. The molecule has 0 aliphatic heterocycles. The van der Waals surface area contributed by atoms with Gasteiger partial charge in [0.15, 0.2) is 0 Å². The molecule has 1 aromatic carbocycles. The fourth-order valence-corrected chi connectivity index (χ4v) is 2.94. The van der Waals surface area contributed by atoms with E-state index >= 15 is 0 Å². The first kappa shape index (κ1) is 15.7. The molecule has 0 spiro atoms. The van der Waals surface area contributed by atoms with Gasteiger partial charge in [0.05, 0.1) is 0 Å². The van der Waals surface area contributed by atoms with E-state index in [9.17, 15) is 0 Å². The van der Waals surface area contributed by atoms with Gasteiger partial charge >= 0.3 is 0 Å². The zero-order valence-corrected chi connectivity index (χ0v) is 13.7. The highest BCUT2D eigenvalue weighted by atomic mass is 14.9. The fourth-order valence-electron chi connectivity index (χ4n) is 2.94. The second kappa shape index (κ2) is 6.40. The summed E-state index contributed by atoms with van der Waals surface area (Å²) in [7, 11) is 2.03. The largest absolute Gasteiger partial charge is 0.312 e. The molecule has 1 aromatic heterocycles. The first-order valence-electron chi connectivity index (χ1n) is 7.62. The number of hydrogen-bond donors (Lipinski definition) is 1. The van der Waals surface area contributed by atoms with Gasteiger partial charge in [-0.15, -0.1) is 0 Å². The molecule has 2 heteroatoms. The van der Waals surface area contributed by atoms with E-state index in [2.05, 4.69) is 74.4 Å². The minimum Gasteiger partial charge on any atom is -0.312 e. The second-order valence-corrected chi connectivity index (χ2v) is 6.65. The number of hydrogen-bond acceptors (Lipinski definition) is 2. The molecule has 0 saturated heterocycles. The van der Waals surface area contributed by atoms with E-state index < -0.39 is 0 Å². The van der Waals surface area contributed by atoms with Gasteiger partial charge in [0.1, 0.15) is 0 Å². The lowest BCUT2D eigenvalue weighted by molar-refractivity contribution is 0.480. The molecule has 0 bridgehead atoms. The standard InChI is InChI=1S/C19H26N2/c1-14(17-12-8-9-13-21-17)18(20-5)15-10-6-7-11-16(15)19(2,3)4/h6-14,18,20H,1-5H3. The molecule has 112 valence electrons. The Morgan fingerprint density at radius 3 is 2.24 bits per heavy atom. The molecule has 0 amide bonds. The molecule has 0 radical (unpaired) electrons. The Kier molecular flexibility index (Phi) is 4.79. The quantitative estimate of drug-likeness (QED) is 0.896. The Morgan fingerprint density at radius 2 is 1.67 bits per heavy atom. The number of nitrogens with one attached hydrogen (secondary N) is 1. The molecule has 2 nitrogen and oxygen atoms in total. The van der Waals surface area contributed by atoms with Crippen LogP contribution in [0.2, 0.25) is 0 Å². The summed E-state index contributed by atoms with van der Waals surface area (Å²) in [6.07, 6.45) is 1.87. The Balaban J connectivity index is 2.43. The van der Waals surface area contributed by atoms with Crippen molar-refractivity contribution in [2.24, 2.45) is 0 Å². The van der Waals surface area contributed by atoms with Crippen molar-refractivity contribution >= 4 is 0 Å². The minimum atomic E-state index is 0.134. The van der Waals surface area contributed by atoms with Crippen molar-refractivity contribution in [3.63, 3.8) is 0 Å². The van der Waals surface area contributed by atoms with E-state index in [-0.39, 0.29) is 11.5 Å². The van der Waals surface area contributed by atoms with Crippen molar-refractivity contribution in [2.75, 3.05) is 7.05 Å². The Labute approximate surface area is 128 Å². The summed E-state index contributed by atoms with van der Waals surface area (Å²) in [5.74, 6) is 0.319. The van der Waals surface area contributed by atoms with E-state index in [0.717, 1.165) is 5.69 Å². The number of rotatable bonds is 4. The predicted octanol–water partition coefficient (Wildman–Crippen LogP) is 4.44. The Hall–Kier alpha value is -1.67. The van der Waals surface area contributed by atoms with Crippen molar-refractivity contribution in [1.82, 2.24) is 10.3 Å². The monoisotopic (exact) mass is 282 g/mol. The van der Waals surface area contributed by atoms with Crippen LogP contribution in [0.5, 0.6) is 0 Å². The van der Waals surface area contributed by atoms with E-state index in [1.165, 1.54) is 11.1 Å². The van der Waals surface area contributed by atoms with Crippen LogP contribution in [0.3, 0.4) is 0 Å². The van der Waals surface area contributed by atoms with Crippen molar-refractivity contribution in [1.29, 1.82) is 0 Å². The topological polar surface area (TPSA) is 24.9 Å². The van der Waals surface area contributed by atoms with Gasteiger partial charge in [0.25, 0.3) is 0 Å². The molecule has 0 fully saturated rings. The first-order chi connectivity index (χ1) is 9.95. The first-order valence-corrected chi connectivity index (χ1v) is 7.62. The van der Waals surface area contributed by atoms with Crippen LogP contribution in [-0.2, 0) is 5.41 Å². The highest BCUT2D eigenvalue weighted by Gasteiger charge is 2.26. The van der Waals surface area contributed by atoms with E-state index in [4.69, 9.17) is 0 Å². The van der Waals surface area contributed by atoms with Gasteiger partial charge < -0.3 is 5.32 Å². The Morgan fingerprint density at radius 1 is 1.00 bits per heavy atom. The number of benzene rings is 1. The van der Waals surface area contributed by atoms with Crippen molar-refractivity contribution in [3.8, 4) is 0 Å². The van der Waals surface area contributed by atoms with Crippen molar-refractivity contribution in [3.05, 3.63) is 65.5 Å². The van der Waals surface area contributed by atoms with Crippen molar-refractivity contribution < 1.29 is 0 Å². The van der Waals surface area contributed by atoms with Crippen LogP contribution in [0.4, 0.5) is 0 Å². The zero-order chi connectivity index (χ0) is 15.5. The second-order valence-electron chi connectivity index (χ2n) is 6.65. The molecule has 2 unspecified atom stereocenters. The van der Waals surface area contributed by atoms with Gasteiger partial charge in [-0.2, -0.15) is 0 Å². The summed E-state index contributed by atoms with van der Waals surface area (Å²) in [5.41, 5.74) is 4.02. The summed E-state index contributed by atoms with van der Waals surface area (Å²) < 4.78 is 0. The summed E-state index contributed by atoms with van der Waals surface area (Å²) in [6, 6.07) is 15.1. The normalized spacial score (nSPS) is 14.7. The van der Waals surface area contributed by atoms with E-state index in [0.29, 0.717) is 5.92 Å². The molecular formula is C19H26N2. The third-order valence-corrected chi connectivity index (χ3v) is 4.07. The average Bonchev–Trinajstić information content (AvgIpc) is 2.48. The molecule has 2 aromatic rings. The Bertz CT molecular complexity index is 570. The number of pyridine rings is 1. The molecule has 1 N–H and O–H groups in total. The smallest absolute Gasteiger partial charge is 0.0450 e.